The third-order valence-electron chi connectivity index (χ3n) is 5.36. The van der Waals surface area contributed by atoms with E-state index < -0.39 is 24.0 Å². The first-order valence-electron chi connectivity index (χ1n) is 10.1. The monoisotopic (exact) mass is 438 g/mol. The van der Waals surface area contributed by atoms with Crippen LogP contribution in [-0.4, -0.2) is 24.0 Å². The maximum Gasteiger partial charge on any atom is 0.471 e. The number of rotatable bonds is 6. The van der Waals surface area contributed by atoms with Crippen molar-refractivity contribution >= 4 is 28.8 Å². The van der Waals surface area contributed by atoms with Crippen LogP contribution < -0.4 is 10.2 Å². The first-order valence-corrected chi connectivity index (χ1v) is 11.0. The van der Waals surface area contributed by atoms with Crippen LogP contribution in [0.25, 0.3) is 0 Å². The Morgan fingerprint density at radius 2 is 1.83 bits per heavy atom. The van der Waals surface area contributed by atoms with Gasteiger partial charge in [0.25, 0.3) is 0 Å². The molecule has 0 radical (unpaired) electrons. The molecule has 3 rings (SSSR count). The molecule has 1 N–H and O–H groups in total. The summed E-state index contributed by atoms with van der Waals surface area (Å²) in [4.78, 5) is 26.9. The Kier molecular flexibility index (Phi) is 7.18. The molecule has 1 aromatic heterocycles. The van der Waals surface area contributed by atoms with Gasteiger partial charge in [0, 0.05) is 16.6 Å². The fraction of sp³-hybridized carbons (Fsp3) is 0.455. The van der Waals surface area contributed by atoms with E-state index in [1.165, 1.54) is 6.07 Å². The number of anilines is 1. The zero-order valence-electron chi connectivity index (χ0n) is 16.7. The number of carbonyl (C=O) groups excluding carboxylic acids is 2. The van der Waals surface area contributed by atoms with E-state index in [0.29, 0.717) is 21.8 Å². The molecule has 0 spiro atoms. The predicted molar refractivity (Wildman–Crippen MR) is 111 cm³/mol. The molecule has 1 unspecified atom stereocenters. The van der Waals surface area contributed by atoms with Gasteiger partial charge in [0.15, 0.2) is 6.04 Å². The third-order valence-corrected chi connectivity index (χ3v) is 6.29. The number of hydrogen-bond donors (Lipinski definition) is 1. The van der Waals surface area contributed by atoms with E-state index in [9.17, 15) is 22.8 Å². The van der Waals surface area contributed by atoms with Crippen LogP contribution in [0.4, 0.5) is 18.9 Å². The van der Waals surface area contributed by atoms with Crippen molar-refractivity contribution in [3.05, 3.63) is 52.2 Å². The van der Waals surface area contributed by atoms with Crippen LogP contribution >= 0.6 is 11.3 Å². The molecule has 1 aromatic carbocycles. The van der Waals surface area contributed by atoms with Crippen LogP contribution in [0.5, 0.6) is 0 Å². The number of aryl methyl sites for hydroxylation is 1. The molecule has 162 valence electrons. The highest BCUT2D eigenvalue weighted by Crippen LogP contribution is 2.36. The molecule has 1 aliphatic carbocycles. The standard InChI is InChI=1S/C22H25F3N2O2S/c1-2-15-9-6-7-12-17(15)27(21(29)22(23,24)25)19(18-13-8-14-30-18)20(28)26-16-10-4-3-5-11-16/h6-9,12-14,16,19H,2-5,10-11H2,1H3,(H,26,28). The number of amides is 2. The van der Waals surface area contributed by atoms with Gasteiger partial charge in [-0.25, -0.2) is 0 Å². The Hall–Kier alpha value is -2.35. The molecular weight excluding hydrogens is 413 g/mol. The average molecular weight is 439 g/mol. The fourth-order valence-corrected chi connectivity index (χ4v) is 4.71. The van der Waals surface area contributed by atoms with Crippen molar-refractivity contribution in [2.45, 2.75) is 63.7 Å². The van der Waals surface area contributed by atoms with Gasteiger partial charge in [0.05, 0.1) is 0 Å². The summed E-state index contributed by atoms with van der Waals surface area (Å²) < 4.78 is 40.9. The SMILES string of the molecule is CCc1ccccc1N(C(=O)C(F)(F)F)C(C(=O)NC1CCCCC1)c1cccs1. The second kappa shape index (κ2) is 9.64. The number of nitrogens with zero attached hydrogens (tertiary/aromatic N) is 1. The molecule has 0 bridgehead atoms. The summed E-state index contributed by atoms with van der Waals surface area (Å²) in [7, 11) is 0. The van der Waals surface area contributed by atoms with Gasteiger partial charge in [0.2, 0.25) is 5.91 Å². The summed E-state index contributed by atoms with van der Waals surface area (Å²) >= 11 is 1.16. The number of alkyl halides is 3. The van der Waals surface area contributed by atoms with Crippen molar-refractivity contribution in [3.63, 3.8) is 0 Å². The van der Waals surface area contributed by atoms with Gasteiger partial charge in [-0.2, -0.15) is 13.2 Å². The number of halogens is 3. The first-order chi connectivity index (χ1) is 14.3. The Bertz CT molecular complexity index is 862. The van der Waals surface area contributed by atoms with Crippen LogP contribution in [-0.2, 0) is 16.0 Å². The van der Waals surface area contributed by atoms with E-state index in [1.807, 2.05) is 0 Å². The van der Waals surface area contributed by atoms with Crippen molar-refractivity contribution in [3.8, 4) is 0 Å². The molecule has 1 heterocycles. The van der Waals surface area contributed by atoms with Gasteiger partial charge in [0.1, 0.15) is 0 Å². The van der Waals surface area contributed by atoms with Crippen molar-refractivity contribution < 1.29 is 22.8 Å². The smallest absolute Gasteiger partial charge is 0.351 e. The lowest BCUT2D eigenvalue weighted by atomic mass is 9.95. The second-order valence-electron chi connectivity index (χ2n) is 7.42. The number of benzene rings is 1. The molecule has 1 saturated carbocycles. The van der Waals surface area contributed by atoms with Crippen LogP contribution in [0.1, 0.15) is 55.5 Å². The highest BCUT2D eigenvalue weighted by molar-refractivity contribution is 7.10. The molecule has 2 aromatic rings. The fourth-order valence-electron chi connectivity index (χ4n) is 3.89. The minimum atomic E-state index is -5.11. The quantitative estimate of drug-likeness (QED) is 0.657. The van der Waals surface area contributed by atoms with Crippen LogP contribution in [0.15, 0.2) is 41.8 Å². The molecule has 1 atom stereocenters. The summed E-state index contributed by atoms with van der Waals surface area (Å²) in [6, 6.07) is 8.24. The zero-order valence-corrected chi connectivity index (χ0v) is 17.6. The largest absolute Gasteiger partial charge is 0.471 e. The van der Waals surface area contributed by atoms with Gasteiger partial charge in [-0.05, 0) is 42.3 Å². The first kappa shape index (κ1) is 22.3. The Morgan fingerprint density at radius 3 is 2.43 bits per heavy atom. The summed E-state index contributed by atoms with van der Waals surface area (Å²) in [5.74, 6) is -2.62. The number of hydrogen-bond acceptors (Lipinski definition) is 3. The normalized spacial score (nSPS) is 16.1. The van der Waals surface area contributed by atoms with E-state index in [2.05, 4.69) is 5.32 Å². The van der Waals surface area contributed by atoms with E-state index in [1.54, 1.807) is 42.6 Å². The lowest BCUT2D eigenvalue weighted by Gasteiger charge is -2.34. The Morgan fingerprint density at radius 1 is 1.13 bits per heavy atom. The molecule has 0 saturated heterocycles. The average Bonchev–Trinajstić information content (AvgIpc) is 3.25. The molecule has 2 amide bonds. The number of nitrogens with one attached hydrogen (secondary N) is 1. The van der Waals surface area contributed by atoms with Crippen LogP contribution in [0.3, 0.4) is 0 Å². The lowest BCUT2D eigenvalue weighted by molar-refractivity contribution is -0.171. The number of para-hydroxylation sites is 1. The number of thiophene rings is 1. The summed E-state index contributed by atoms with van der Waals surface area (Å²) in [6.45, 7) is 1.80. The summed E-state index contributed by atoms with van der Waals surface area (Å²) in [5, 5.41) is 4.60. The summed E-state index contributed by atoms with van der Waals surface area (Å²) in [6.07, 6.45) is -0.0652. The highest BCUT2D eigenvalue weighted by Gasteiger charge is 2.48. The van der Waals surface area contributed by atoms with Gasteiger partial charge in [-0.1, -0.05) is 50.5 Å². The van der Waals surface area contributed by atoms with Crippen LogP contribution in [0.2, 0.25) is 0 Å². The molecule has 30 heavy (non-hydrogen) atoms. The Labute approximate surface area is 178 Å². The lowest BCUT2D eigenvalue weighted by Crippen LogP contribution is -2.50. The summed E-state index contributed by atoms with van der Waals surface area (Å²) in [5.41, 5.74) is 0.682. The minimum absolute atomic E-state index is 0.0852. The van der Waals surface area contributed by atoms with Gasteiger partial charge >= 0.3 is 12.1 Å². The molecule has 0 aliphatic heterocycles. The van der Waals surface area contributed by atoms with Gasteiger partial charge < -0.3 is 5.32 Å². The molecular formula is C22H25F3N2O2S. The van der Waals surface area contributed by atoms with Gasteiger partial charge in [-0.3, -0.25) is 14.5 Å². The van der Waals surface area contributed by atoms with Gasteiger partial charge in [-0.15, -0.1) is 11.3 Å². The maximum atomic E-state index is 13.6. The molecule has 8 heteroatoms. The van der Waals surface area contributed by atoms with E-state index >= 15 is 0 Å². The van der Waals surface area contributed by atoms with E-state index in [-0.39, 0.29) is 11.7 Å². The Balaban J connectivity index is 2.07. The van der Waals surface area contributed by atoms with Crippen molar-refractivity contribution in [2.75, 3.05) is 4.90 Å². The maximum absolute atomic E-state index is 13.6. The molecule has 1 fully saturated rings. The van der Waals surface area contributed by atoms with E-state index in [0.717, 1.165) is 43.4 Å². The van der Waals surface area contributed by atoms with Crippen molar-refractivity contribution in [1.29, 1.82) is 0 Å². The molecule has 1 aliphatic rings. The minimum Gasteiger partial charge on any atom is -0.351 e. The predicted octanol–water partition coefficient (Wildman–Crippen LogP) is 5.40. The third kappa shape index (κ3) is 5.03. The van der Waals surface area contributed by atoms with Crippen molar-refractivity contribution in [1.82, 2.24) is 5.32 Å². The van der Waals surface area contributed by atoms with Crippen LogP contribution in [0, 0.1) is 0 Å². The number of carbonyl (C=O) groups is 2. The topological polar surface area (TPSA) is 49.4 Å². The van der Waals surface area contributed by atoms with Crippen molar-refractivity contribution in [2.24, 2.45) is 0 Å². The second-order valence-corrected chi connectivity index (χ2v) is 8.40. The van der Waals surface area contributed by atoms with E-state index in [4.69, 9.17) is 0 Å². The highest BCUT2D eigenvalue weighted by atomic mass is 32.1. The zero-order chi connectivity index (χ0) is 21.7. The molecule has 4 nitrogen and oxygen atoms in total.